The number of carbonyl (C=O) groups is 3. The summed E-state index contributed by atoms with van der Waals surface area (Å²) in [5.41, 5.74) is 0.209. The Kier molecular flexibility index (Phi) is 5.82. The van der Waals surface area contributed by atoms with Gasteiger partial charge < -0.3 is 18.9 Å². The minimum atomic E-state index is -0.915. The van der Waals surface area contributed by atoms with E-state index >= 15 is 0 Å². The normalized spacial score (nSPS) is 38.3. The zero-order valence-electron chi connectivity index (χ0n) is 18.4. The van der Waals surface area contributed by atoms with Gasteiger partial charge in [-0.3, -0.25) is 4.79 Å². The number of carbonyl (C=O) groups excluding carboxylic acids is 3. The molecule has 7 nitrogen and oxygen atoms in total. The van der Waals surface area contributed by atoms with E-state index < -0.39 is 47.6 Å². The largest absolute Gasteiger partial charge is 0.458 e. The monoisotopic (exact) mass is 418 g/mol. The van der Waals surface area contributed by atoms with Crippen molar-refractivity contribution in [3.05, 3.63) is 35.5 Å². The first-order valence-electron chi connectivity index (χ1n) is 10.2. The summed E-state index contributed by atoms with van der Waals surface area (Å²) in [6.07, 6.45) is 1.60. The molecule has 0 amide bonds. The van der Waals surface area contributed by atoms with Crippen LogP contribution in [0.2, 0.25) is 0 Å². The van der Waals surface area contributed by atoms with Crippen LogP contribution in [0, 0.1) is 5.92 Å². The lowest BCUT2D eigenvalue weighted by Gasteiger charge is -2.36. The van der Waals surface area contributed by atoms with Gasteiger partial charge in [0.25, 0.3) is 0 Å². The van der Waals surface area contributed by atoms with Crippen molar-refractivity contribution in [2.45, 2.75) is 84.1 Å². The van der Waals surface area contributed by atoms with Gasteiger partial charge in [-0.2, -0.15) is 0 Å². The van der Waals surface area contributed by atoms with E-state index in [2.05, 4.69) is 6.58 Å². The second kappa shape index (κ2) is 7.78. The van der Waals surface area contributed by atoms with Gasteiger partial charge >= 0.3 is 11.9 Å². The molecule has 2 saturated heterocycles. The molecular weight excluding hydrogens is 388 g/mol. The third-order valence-electron chi connectivity index (χ3n) is 6.09. The van der Waals surface area contributed by atoms with Crippen molar-refractivity contribution in [2.24, 2.45) is 5.92 Å². The molecule has 3 rings (SSSR count). The van der Waals surface area contributed by atoms with E-state index in [9.17, 15) is 14.4 Å². The van der Waals surface area contributed by atoms with Crippen molar-refractivity contribution in [2.75, 3.05) is 0 Å². The van der Waals surface area contributed by atoms with Crippen LogP contribution in [-0.4, -0.2) is 47.4 Å². The smallest absolute Gasteiger partial charge is 0.334 e. The number of rotatable bonds is 2. The summed E-state index contributed by atoms with van der Waals surface area (Å²) >= 11 is 0. The minimum Gasteiger partial charge on any atom is -0.458 e. The number of ether oxygens (including phenoxy) is 4. The van der Waals surface area contributed by atoms with Crippen LogP contribution in [0.4, 0.5) is 0 Å². The first-order valence-corrected chi connectivity index (χ1v) is 10.2. The molecule has 0 aromatic heterocycles. The molecule has 0 unspecified atom stereocenters. The van der Waals surface area contributed by atoms with Gasteiger partial charge in [0.2, 0.25) is 0 Å². The molecule has 5 atom stereocenters. The fraction of sp³-hybridized carbons (Fsp3) is 0.609. The number of hydrogen-bond acceptors (Lipinski definition) is 7. The third-order valence-corrected chi connectivity index (χ3v) is 6.09. The maximum absolute atomic E-state index is 12.8. The van der Waals surface area contributed by atoms with Crippen LogP contribution in [0.5, 0.6) is 0 Å². The molecule has 0 aromatic rings. The second-order valence-electron chi connectivity index (χ2n) is 8.94. The summed E-state index contributed by atoms with van der Waals surface area (Å²) in [5.74, 6) is -2.69. The molecule has 0 N–H and O–H groups in total. The summed E-state index contributed by atoms with van der Waals surface area (Å²) in [7, 11) is 0. The molecular formula is C23H30O7. The SMILES string of the molecule is C=C1C(=O)O[C@H]2/C=C(/C)C(=O)C[C@@H]3OC(C)(C)O[C@@]3(C)C[C@@H](OC(=O)/C(C)=C/C)[C@H]12. The number of fused-ring (bicyclic) bond motifs is 2. The van der Waals surface area contributed by atoms with E-state index in [1.165, 1.54) is 0 Å². The second-order valence-corrected chi connectivity index (χ2v) is 8.94. The van der Waals surface area contributed by atoms with Crippen molar-refractivity contribution in [3.8, 4) is 0 Å². The van der Waals surface area contributed by atoms with Crippen LogP contribution >= 0.6 is 0 Å². The molecule has 0 saturated carbocycles. The molecule has 2 fully saturated rings. The highest BCUT2D eigenvalue weighted by Crippen LogP contribution is 2.45. The Morgan fingerprint density at radius 2 is 1.97 bits per heavy atom. The van der Waals surface area contributed by atoms with Crippen molar-refractivity contribution >= 4 is 17.7 Å². The molecule has 164 valence electrons. The third kappa shape index (κ3) is 4.14. The van der Waals surface area contributed by atoms with Crippen molar-refractivity contribution in [1.29, 1.82) is 0 Å². The van der Waals surface area contributed by atoms with Gasteiger partial charge in [-0.15, -0.1) is 0 Å². The van der Waals surface area contributed by atoms with Crippen molar-refractivity contribution in [1.82, 2.24) is 0 Å². The fourth-order valence-electron chi connectivity index (χ4n) is 4.39. The molecule has 0 aromatic carbocycles. The Morgan fingerprint density at radius 1 is 1.30 bits per heavy atom. The van der Waals surface area contributed by atoms with Crippen LogP contribution in [0.15, 0.2) is 35.5 Å². The lowest BCUT2D eigenvalue weighted by atomic mass is 9.79. The van der Waals surface area contributed by atoms with E-state index in [0.29, 0.717) is 11.1 Å². The van der Waals surface area contributed by atoms with Crippen LogP contribution < -0.4 is 0 Å². The predicted molar refractivity (Wildman–Crippen MR) is 108 cm³/mol. The first kappa shape index (κ1) is 22.4. The molecule has 30 heavy (non-hydrogen) atoms. The molecule has 1 aliphatic carbocycles. The molecule has 7 heteroatoms. The quantitative estimate of drug-likeness (QED) is 0.503. The summed E-state index contributed by atoms with van der Waals surface area (Å²) in [5, 5.41) is 0. The van der Waals surface area contributed by atoms with Crippen LogP contribution in [0.25, 0.3) is 0 Å². The van der Waals surface area contributed by atoms with Crippen LogP contribution in [0.3, 0.4) is 0 Å². The Labute approximate surface area is 177 Å². The molecule has 0 spiro atoms. The lowest BCUT2D eigenvalue weighted by molar-refractivity contribution is -0.171. The van der Waals surface area contributed by atoms with Gasteiger partial charge in [0, 0.05) is 24.0 Å². The van der Waals surface area contributed by atoms with Gasteiger partial charge in [0.1, 0.15) is 12.2 Å². The number of ketones is 1. The minimum absolute atomic E-state index is 0.111. The Bertz CT molecular complexity index is 850. The van der Waals surface area contributed by atoms with Crippen LogP contribution in [-0.2, 0) is 33.3 Å². The van der Waals surface area contributed by atoms with Crippen LogP contribution in [0.1, 0.15) is 54.4 Å². The zero-order chi connectivity index (χ0) is 22.4. The standard InChI is InChI=1S/C23H30O7/c1-8-12(2)20(25)28-17-11-23(7)18(29-22(5,6)30-23)10-15(24)13(3)9-16-19(17)14(4)21(26)27-16/h8-9,16-19H,4,10-11H2,1-3,5-7H3/b12-8+,13-9-/t16-,17+,18-,19+,23-/m0/s1. The highest BCUT2D eigenvalue weighted by molar-refractivity contribution is 5.96. The Hall–Kier alpha value is -2.25. The van der Waals surface area contributed by atoms with E-state index in [4.69, 9.17) is 18.9 Å². The molecule has 2 aliphatic heterocycles. The lowest BCUT2D eigenvalue weighted by Crippen LogP contribution is -2.46. The van der Waals surface area contributed by atoms with Crippen molar-refractivity contribution < 1.29 is 33.3 Å². The average Bonchev–Trinajstić information content (AvgIpc) is 3.04. The van der Waals surface area contributed by atoms with Gasteiger partial charge in [-0.05, 0) is 53.2 Å². The molecule has 2 heterocycles. The van der Waals surface area contributed by atoms with Crippen molar-refractivity contribution in [3.63, 3.8) is 0 Å². The Balaban J connectivity index is 2.09. The Morgan fingerprint density at radius 3 is 2.60 bits per heavy atom. The number of hydrogen-bond donors (Lipinski definition) is 0. The summed E-state index contributed by atoms with van der Waals surface area (Å²) in [6, 6.07) is 0. The van der Waals surface area contributed by atoms with Gasteiger partial charge in [0.05, 0.1) is 17.6 Å². The fourth-order valence-corrected chi connectivity index (χ4v) is 4.39. The van der Waals surface area contributed by atoms with Gasteiger partial charge in [-0.25, -0.2) is 9.59 Å². The summed E-state index contributed by atoms with van der Waals surface area (Å²) in [4.78, 5) is 37.7. The number of esters is 2. The molecule has 3 aliphatic rings. The number of Topliss-reactive ketones (excluding diaryl/α,β-unsaturated/α-hetero) is 1. The molecule has 0 radical (unpaired) electrons. The van der Waals surface area contributed by atoms with E-state index in [-0.39, 0.29) is 24.2 Å². The summed E-state index contributed by atoms with van der Waals surface area (Å²) in [6.45, 7) is 14.4. The number of allylic oxidation sites excluding steroid dienone is 2. The van der Waals surface area contributed by atoms with Gasteiger partial charge in [0.15, 0.2) is 11.6 Å². The maximum atomic E-state index is 12.8. The topological polar surface area (TPSA) is 88.1 Å². The van der Waals surface area contributed by atoms with Gasteiger partial charge in [-0.1, -0.05) is 12.7 Å². The average molecular weight is 418 g/mol. The highest BCUT2D eigenvalue weighted by atomic mass is 16.8. The van der Waals surface area contributed by atoms with E-state index in [1.807, 2.05) is 6.92 Å². The highest BCUT2D eigenvalue weighted by Gasteiger charge is 2.55. The van der Waals surface area contributed by atoms with E-state index in [1.54, 1.807) is 46.8 Å². The summed E-state index contributed by atoms with van der Waals surface area (Å²) < 4.78 is 23.6. The molecule has 0 bridgehead atoms. The van der Waals surface area contributed by atoms with E-state index in [0.717, 1.165) is 0 Å². The zero-order valence-corrected chi connectivity index (χ0v) is 18.4. The predicted octanol–water partition coefficient (Wildman–Crippen LogP) is 3.18. The first-order chi connectivity index (χ1) is 13.9. The maximum Gasteiger partial charge on any atom is 0.334 e.